The predicted octanol–water partition coefficient (Wildman–Crippen LogP) is 9.79. The summed E-state index contributed by atoms with van der Waals surface area (Å²) in [5, 5.41) is 1.02. The van der Waals surface area contributed by atoms with Crippen molar-refractivity contribution in [3.05, 3.63) is 139 Å². The predicted molar refractivity (Wildman–Crippen MR) is 165 cm³/mol. The highest BCUT2D eigenvalue weighted by Crippen LogP contribution is 2.45. The number of furan rings is 1. The molecular formula is C36H23N3O2. The number of hydrogen-bond acceptors (Lipinski definition) is 5. The highest BCUT2D eigenvalue weighted by Gasteiger charge is 2.22. The first-order valence-electron chi connectivity index (χ1n) is 13.5. The zero-order valence-electron chi connectivity index (χ0n) is 21.9. The van der Waals surface area contributed by atoms with Gasteiger partial charge in [-0.05, 0) is 70.8 Å². The van der Waals surface area contributed by atoms with Gasteiger partial charge in [-0.25, -0.2) is 4.98 Å². The summed E-state index contributed by atoms with van der Waals surface area (Å²) in [6.07, 6.45) is 7.90. The van der Waals surface area contributed by atoms with Crippen LogP contribution in [0.4, 0.5) is 17.1 Å². The van der Waals surface area contributed by atoms with Gasteiger partial charge < -0.3 is 14.1 Å². The first-order chi connectivity index (χ1) is 20.3. The summed E-state index contributed by atoms with van der Waals surface area (Å²) in [5.74, 6) is 1.27. The van der Waals surface area contributed by atoms with E-state index in [4.69, 9.17) is 9.15 Å². The number of nitrogens with zero attached hydrogens (tertiary/aromatic N) is 3. The topological polar surface area (TPSA) is 51.4 Å². The second-order valence-corrected chi connectivity index (χ2v) is 9.90. The molecule has 0 atom stereocenters. The molecule has 0 fully saturated rings. The van der Waals surface area contributed by atoms with E-state index in [1.165, 1.54) is 0 Å². The Kier molecular flexibility index (Phi) is 5.38. The molecule has 0 bridgehead atoms. The molecule has 1 aliphatic rings. The molecule has 8 rings (SSSR count). The fourth-order valence-electron chi connectivity index (χ4n) is 5.56. The van der Waals surface area contributed by atoms with Gasteiger partial charge in [0.05, 0.1) is 16.8 Å². The zero-order chi connectivity index (χ0) is 27.2. The molecule has 3 aromatic heterocycles. The summed E-state index contributed by atoms with van der Waals surface area (Å²) in [5.41, 5.74) is 10.0. The Balaban J connectivity index is 1.32. The Morgan fingerprint density at radius 2 is 1.44 bits per heavy atom. The third-order valence-electron chi connectivity index (χ3n) is 7.39. The van der Waals surface area contributed by atoms with Crippen LogP contribution in [0.5, 0.6) is 11.6 Å². The average Bonchev–Trinajstić information content (AvgIpc) is 3.32. The van der Waals surface area contributed by atoms with Crippen LogP contribution >= 0.6 is 0 Å². The lowest BCUT2D eigenvalue weighted by molar-refractivity contribution is 0.463. The van der Waals surface area contributed by atoms with Crippen LogP contribution in [-0.4, -0.2) is 9.97 Å². The number of fused-ring (bicyclic) bond motifs is 5. The monoisotopic (exact) mass is 529 g/mol. The molecule has 0 saturated carbocycles. The lowest BCUT2D eigenvalue weighted by atomic mass is 9.98. The molecule has 0 spiro atoms. The third-order valence-corrected chi connectivity index (χ3v) is 7.39. The van der Waals surface area contributed by atoms with E-state index in [0.29, 0.717) is 11.6 Å². The van der Waals surface area contributed by atoms with Crippen molar-refractivity contribution in [2.75, 3.05) is 4.90 Å². The smallest absolute Gasteiger partial charge is 0.219 e. The SMILES string of the molecule is C1=Cc2ccc(-c3cccc4oc5cccnc5c34)cc2N(c2cccc(Oc3ccccn3)c2)c2ccccc21. The van der Waals surface area contributed by atoms with Crippen LogP contribution in [0.1, 0.15) is 11.1 Å². The van der Waals surface area contributed by atoms with Gasteiger partial charge in [0, 0.05) is 30.2 Å². The largest absolute Gasteiger partial charge is 0.454 e. The van der Waals surface area contributed by atoms with Gasteiger partial charge in [-0.1, -0.05) is 66.7 Å². The van der Waals surface area contributed by atoms with Gasteiger partial charge >= 0.3 is 0 Å². The molecular weight excluding hydrogens is 506 g/mol. The van der Waals surface area contributed by atoms with Crippen molar-refractivity contribution in [1.82, 2.24) is 9.97 Å². The van der Waals surface area contributed by atoms with Crippen molar-refractivity contribution in [3.63, 3.8) is 0 Å². The van der Waals surface area contributed by atoms with E-state index in [-0.39, 0.29) is 0 Å². The summed E-state index contributed by atoms with van der Waals surface area (Å²) >= 11 is 0. The van der Waals surface area contributed by atoms with Crippen LogP contribution in [0.2, 0.25) is 0 Å². The fourth-order valence-corrected chi connectivity index (χ4v) is 5.56. The average molecular weight is 530 g/mol. The quantitative estimate of drug-likeness (QED) is 0.227. The maximum Gasteiger partial charge on any atom is 0.219 e. The summed E-state index contributed by atoms with van der Waals surface area (Å²) in [6.45, 7) is 0. The lowest BCUT2D eigenvalue weighted by Crippen LogP contribution is -2.12. The Hall–Kier alpha value is -5.68. The fraction of sp³-hybridized carbons (Fsp3) is 0. The molecule has 41 heavy (non-hydrogen) atoms. The highest BCUT2D eigenvalue weighted by atomic mass is 16.5. The molecule has 194 valence electrons. The summed E-state index contributed by atoms with van der Waals surface area (Å²) in [6, 6.07) is 38.9. The number of pyridine rings is 2. The van der Waals surface area contributed by atoms with Crippen molar-refractivity contribution >= 4 is 51.3 Å². The van der Waals surface area contributed by atoms with Crippen LogP contribution in [0.25, 0.3) is 45.3 Å². The van der Waals surface area contributed by atoms with Crippen LogP contribution in [0, 0.1) is 0 Å². The molecule has 0 N–H and O–H groups in total. The molecule has 0 unspecified atom stereocenters. The maximum atomic E-state index is 6.14. The Labute approximate surface area is 236 Å². The molecule has 1 aliphatic heterocycles. The van der Waals surface area contributed by atoms with Crippen molar-refractivity contribution in [3.8, 4) is 22.8 Å². The lowest BCUT2D eigenvalue weighted by Gasteiger charge is -2.28. The number of aromatic nitrogens is 2. The van der Waals surface area contributed by atoms with Gasteiger partial charge in [-0.15, -0.1) is 0 Å². The first kappa shape index (κ1) is 23.2. The van der Waals surface area contributed by atoms with Crippen molar-refractivity contribution in [2.45, 2.75) is 0 Å². The van der Waals surface area contributed by atoms with E-state index >= 15 is 0 Å². The van der Waals surface area contributed by atoms with Crippen LogP contribution < -0.4 is 9.64 Å². The number of rotatable bonds is 4. The standard InChI is InChI=1S/C36H23N3O2/c1-2-12-30-24(8-1)16-17-25-18-19-26(29-11-6-13-32-35(29)36-33(41-32)14-7-21-38-36)22-31(25)39(30)27-9-5-10-28(23-27)40-34-15-3-4-20-37-34/h1-23H. The van der Waals surface area contributed by atoms with Crippen LogP contribution in [0.3, 0.4) is 0 Å². The number of hydrogen-bond donors (Lipinski definition) is 0. The summed E-state index contributed by atoms with van der Waals surface area (Å²) < 4.78 is 12.3. The highest BCUT2D eigenvalue weighted by molar-refractivity contribution is 6.11. The van der Waals surface area contributed by atoms with Gasteiger partial charge in [0.25, 0.3) is 0 Å². The molecule has 7 aromatic rings. The van der Waals surface area contributed by atoms with E-state index < -0.39 is 0 Å². The van der Waals surface area contributed by atoms with E-state index in [1.54, 1.807) is 6.20 Å². The van der Waals surface area contributed by atoms with E-state index in [1.807, 2.05) is 60.8 Å². The Morgan fingerprint density at radius 3 is 2.37 bits per heavy atom. The van der Waals surface area contributed by atoms with Crippen LogP contribution in [0.15, 0.2) is 132 Å². The molecule has 0 radical (unpaired) electrons. The molecule has 4 heterocycles. The molecule has 5 nitrogen and oxygen atoms in total. The van der Waals surface area contributed by atoms with Gasteiger partial charge in [0.15, 0.2) is 5.58 Å². The normalized spacial score (nSPS) is 12.2. The number of benzene rings is 4. The van der Waals surface area contributed by atoms with Crippen molar-refractivity contribution in [2.24, 2.45) is 0 Å². The second-order valence-electron chi connectivity index (χ2n) is 9.90. The molecule has 0 aliphatic carbocycles. The minimum Gasteiger partial charge on any atom is -0.454 e. The molecule has 0 amide bonds. The van der Waals surface area contributed by atoms with Crippen LogP contribution in [-0.2, 0) is 0 Å². The Bertz CT molecular complexity index is 2100. The van der Waals surface area contributed by atoms with Gasteiger partial charge in [0.2, 0.25) is 5.88 Å². The number of ether oxygens (including phenoxy) is 1. The number of anilines is 3. The third kappa shape index (κ3) is 4.03. The van der Waals surface area contributed by atoms with E-state index in [9.17, 15) is 0 Å². The van der Waals surface area contributed by atoms with Crippen molar-refractivity contribution < 1.29 is 9.15 Å². The summed E-state index contributed by atoms with van der Waals surface area (Å²) in [7, 11) is 0. The minimum atomic E-state index is 0.555. The zero-order valence-corrected chi connectivity index (χ0v) is 21.9. The van der Waals surface area contributed by atoms with Crippen molar-refractivity contribution in [1.29, 1.82) is 0 Å². The Morgan fingerprint density at radius 1 is 0.610 bits per heavy atom. The number of para-hydroxylation sites is 1. The maximum absolute atomic E-state index is 6.14. The van der Waals surface area contributed by atoms with Gasteiger partial charge in [-0.3, -0.25) is 4.98 Å². The summed E-state index contributed by atoms with van der Waals surface area (Å²) in [4.78, 5) is 11.3. The van der Waals surface area contributed by atoms with E-state index in [2.05, 4.69) is 87.7 Å². The van der Waals surface area contributed by atoms with Gasteiger partial charge in [-0.2, -0.15) is 0 Å². The molecule has 0 saturated heterocycles. The van der Waals surface area contributed by atoms with E-state index in [0.717, 1.165) is 61.4 Å². The molecule has 4 aromatic carbocycles. The van der Waals surface area contributed by atoms with Gasteiger partial charge in [0.1, 0.15) is 16.8 Å². The second kappa shape index (κ2) is 9.50. The molecule has 5 heteroatoms. The first-order valence-corrected chi connectivity index (χ1v) is 13.5. The minimum absolute atomic E-state index is 0.555.